The third-order valence-electron chi connectivity index (χ3n) is 4.98. The SMILES string of the molecule is COc1ccc(C(CNc2ccc([N+](=O)[O-])c(C)c2)N2CCCC2)cc1. The second-order valence-electron chi connectivity index (χ2n) is 6.67. The van der Waals surface area contributed by atoms with E-state index in [4.69, 9.17) is 4.74 Å². The maximum absolute atomic E-state index is 11.0. The molecule has 138 valence electrons. The van der Waals surface area contributed by atoms with Gasteiger partial charge in [0.1, 0.15) is 5.75 Å². The first-order chi connectivity index (χ1) is 12.6. The van der Waals surface area contributed by atoms with Crippen molar-refractivity contribution in [2.75, 3.05) is 32.1 Å². The van der Waals surface area contributed by atoms with Crippen LogP contribution in [0.4, 0.5) is 11.4 Å². The number of benzene rings is 2. The monoisotopic (exact) mass is 355 g/mol. The summed E-state index contributed by atoms with van der Waals surface area (Å²) >= 11 is 0. The summed E-state index contributed by atoms with van der Waals surface area (Å²) in [5, 5.41) is 14.4. The number of nitro benzene ring substituents is 1. The topological polar surface area (TPSA) is 67.6 Å². The summed E-state index contributed by atoms with van der Waals surface area (Å²) in [5.74, 6) is 0.855. The summed E-state index contributed by atoms with van der Waals surface area (Å²) in [5.41, 5.74) is 2.98. The lowest BCUT2D eigenvalue weighted by atomic mass is 10.0. The Labute approximate surface area is 153 Å². The molecule has 1 aliphatic heterocycles. The minimum atomic E-state index is -0.344. The van der Waals surface area contributed by atoms with Crippen molar-refractivity contribution < 1.29 is 9.66 Å². The van der Waals surface area contributed by atoms with Crippen LogP contribution in [0.5, 0.6) is 5.75 Å². The Morgan fingerprint density at radius 3 is 2.46 bits per heavy atom. The van der Waals surface area contributed by atoms with Gasteiger partial charge in [-0.05, 0) is 62.7 Å². The summed E-state index contributed by atoms with van der Waals surface area (Å²) in [6, 6.07) is 13.7. The summed E-state index contributed by atoms with van der Waals surface area (Å²) in [4.78, 5) is 13.1. The van der Waals surface area contributed by atoms with Gasteiger partial charge < -0.3 is 10.1 Å². The van der Waals surface area contributed by atoms with Crippen LogP contribution in [-0.2, 0) is 0 Å². The van der Waals surface area contributed by atoms with Gasteiger partial charge in [-0.25, -0.2) is 0 Å². The number of nitrogens with one attached hydrogen (secondary N) is 1. The van der Waals surface area contributed by atoms with Gasteiger partial charge >= 0.3 is 0 Å². The summed E-state index contributed by atoms with van der Waals surface area (Å²) in [7, 11) is 1.67. The molecule has 6 heteroatoms. The van der Waals surface area contributed by atoms with Crippen LogP contribution >= 0.6 is 0 Å². The van der Waals surface area contributed by atoms with Crippen molar-refractivity contribution >= 4 is 11.4 Å². The van der Waals surface area contributed by atoms with Crippen molar-refractivity contribution in [2.24, 2.45) is 0 Å². The number of hydrogen-bond acceptors (Lipinski definition) is 5. The third-order valence-corrected chi connectivity index (χ3v) is 4.98. The van der Waals surface area contributed by atoms with Crippen LogP contribution in [0.2, 0.25) is 0 Å². The van der Waals surface area contributed by atoms with Crippen LogP contribution in [0.1, 0.15) is 30.0 Å². The maximum Gasteiger partial charge on any atom is 0.272 e. The number of likely N-dealkylation sites (tertiary alicyclic amines) is 1. The van der Waals surface area contributed by atoms with Crippen molar-refractivity contribution in [3.8, 4) is 5.75 Å². The second kappa shape index (κ2) is 8.19. The Morgan fingerprint density at radius 1 is 1.19 bits per heavy atom. The Kier molecular flexibility index (Phi) is 5.73. The van der Waals surface area contributed by atoms with E-state index in [1.54, 1.807) is 26.2 Å². The quantitative estimate of drug-likeness (QED) is 0.597. The summed E-state index contributed by atoms with van der Waals surface area (Å²) in [6.07, 6.45) is 2.45. The molecule has 2 aromatic rings. The van der Waals surface area contributed by atoms with Gasteiger partial charge in [0.25, 0.3) is 5.69 Å². The van der Waals surface area contributed by atoms with Crippen molar-refractivity contribution in [2.45, 2.75) is 25.8 Å². The Hall–Kier alpha value is -2.60. The number of ether oxygens (including phenoxy) is 1. The molecule has 0 bridgehead atoms. The molecule has 1 heterocycles. The predicted molar refractivity (Wildman–Crippen MR) is 103 cm³/mol. The lowest BCUT2D eigenvalue weighted by Gasteiger charge is -2.28. The lowest BCUT2D eigenvalue weighted by molar-refractivity contribution is -0.385. The highest BCUT2D eigenvalue weighted by atomic mass is 16.6. The zero-order chi connectivity index (χ0) is 18.5. The molecule has 1 aliphatic rings. The standard InChI is InChI=1S/C20H25N3O3/c1-15-13-17(7-10-19(15)23(24)25)21-14-20(22-11-3-4-12-22)16-5-8-18(26-2)9-6-16/h5-10,13,20-21H,3-4,11-12,14H2,1-2H3. The molecule has 1 N–H and O–H groups in total. The van der Waals surface area contributed by atoms with Crippen molar-refractivity contribution in [1.82, 2.24) is 4.90 Å². The molecule has 0 amide bonds. The van der Waals surface area contributed by atoms with E-state index in [1.165, 1.54) is 18.4 Å². The molecule has 1 fully saturated rings. The van der Waals surface area contributed by atoms with E-state index in [-0.39, 0.29) is 16.7 Å². The lowest BCUT2D eigenvalue weighted by Crippen LogP contribution is -2.31. The molecule has 0 radical (unpaired) electrons. The zero-order valence-corrected chi connectivity index (χ0v) is 15.3. The van der Waals surface area contributed by atoms with Crippen molar-refractivity contribution in [3.63, 3.8) is 0 Å². The highest BCUT2D eigenvalue weighted by Crippen LogP contribution is 2.28. The van der Waals surface area contributed by atoms with E-state index in [2.05, 4.69) is 22.3 Å². The summed E-state index contributed by atoms with van der Waals surface area (Å²) in [6.45, 7) is 4.71. The highest BCUT2D eigenvalue weighted by molar-refractivity contribution is 5.53. The number of anilines is 1. The van der Waals surface area contributed by atoms with E-state index in [0.29, 0.717) is 5.56 Å². The molecule has 0 aromatic heterocycles. The van der Waals surface area contributed by atoms with E-state index in [0.717, 1.165) is 31.1 Å². The molecule has 1 saturated heterocycles. The molecular formula is C20H25N3O3. The minimum Gasteiger partial charge on any atom is -0.497 e. The van der Waals surface area contributed by atoms with Gasteiger partial charge in [0.05, 0.1) is 18.1 Å². The van der Waals surface area contributed by atoms with Gasteiger partial charge in [-0.1, -0.05) is 12.1 Å². The van der Waals surface area contributed by atoms with Crippen LogP contribution in [0.3, 0.4) is 0 Å². The molecule has 0 saturated carbocycles. The van der Waals surface area contributed by atoms with Crippen LogP contribution < -0.4 is 10.1 Å². The normalized spacial score (nSPS) is 15.6. The zero-order valence-electron chi connectivity index (χ0n) is 15.3. The van der Waals surface area contributed by atoms with Crippen molar-refractivity contribution in [1.29, 1.82) is 0 Å². The largest absolute Gasteiger partial charge is 0.497 e. The first kappa shape index (κ1) is 18.2. The van der Waals surface area contributed by atoms with E-state index in [9.17, 15) is 10.1 Å². The Bertz CT molecular complexity index is 755. The average Bonchev–Trinajstić information content (AvgIpc) is 3.16. The molecule has 1 atom stereocenters. The molecule has 0 spiro atoms. The Morgan fingerprint density at radius 2 is 1.88 bits per heavy atom. The van der Waals surface area contributed by atoms with Gasteiger partial charge in [0.15, 0.2) is 0 Å². The average molecular weight is 355 g/mol. The summed E-state index contributed by atoms with van der Waals surface area (Å²) < 4.78 is 5.26. The fraction of sp³-hybridized carbons (Fsp3) is 0.400. The first-order valence-corrected chi connectivity index (χ1v) is 8.95. The number of nitro groups is 1. The fourth-order valence-electron chi connectivity index (χ4n) is 3.52. The second-order valence-corrected chi connectivity index (χ2v) is 6.67. The smallest absolute Gasteiger partial charge is 0.272 e. The highest BCUT2D eigenvalue weighted by Gasteiger charge is 2.23. The van der Waals surface area contributed by atoms with Gasteiger partial charge in [0, 0.05) is 23.9 Å². The first-order valence-electron chi connectivity index (χ1n) is 8.95. The van der Waals surface area contributed by atoms with Gasteiger partial charge in [-0.3, -0.25) is 15.0 Å². The predicted octanol–water partition coefficient (Wildman–Crippen LogP) is 4.16. The molecule has 3 rings (SSSR count). The number of aryl methyl sites for hydroxylation is 1. The number of hydrogen-bond donors (Lipinski definition) is 1. The minimum absolute atomic E-state index is 0.154. The van der Waals surface area contributed by atoms with Gasteiger partial charge in [0.2, 0.25) is 0 Å². The maximum atomic E-state index is 11.0. The van der Waals surface area contributed by atoms with E-state index in [1.807, 2.05) is 18.2 Å². The molecule has 26 heavy (non-hydrogen) atoms. The van der Waals surface area contributed by atoms with E-state index < -0.39 is 0 Å². The fourth-order valence-corrected chi connectivity index (χ4v) is 3.52. The van der Waals surface area contributed by atoms with Crippen LogP contribution in [0.15, 0.2) is 42.5 Å². The molecular weight excluding hydrogens is 330 g/mol. The Balaban J connectivity index is 1.75. The number of rotatable bonds is 7. The van der Waals surface area contributed by atoms with Crippen LogP contribution in [0, 0.1) is 17.0 Å². The molecule has 0 aliphatic carbocycles. The molecule has 1 unspecified atom stereocenters. The van der Waals surface area contributed by atoms with Gasteiger partial charge in [-0.2, -0.15) is 0 Å². The van der Waals surface area contributed by atoms with Crippen LogP contribution in [0.25, 0.3) is 0 Å². The third kappa shape index (κ3) is 4.14. The number of nitrogens with zero attached hydrogens (tertiary/aromatic N) is 2. The van der Waals surface area contributed by atoms with E-state index >= 15 is 0 Å². The number of methoxy groups -OCH3 is 1. The van der Waals surface area contributed by atoms with Crippen LogP contribution in [-0.4, -0.2) is 36.6 Å². The van der Waals surface area contributed by atoms with Gasteiger partial charge in [-0.15, -0.1) is 0 Å². The molecule has 6 nitrogen and oxygen atoms in total. The van der Waals surface area contributed by atoms with Crippen molar-refractivity contribution in [3.05, 3.63) is 63.7 Å². The molecule has 2 aromatic carbocycles.